The Bertz CT molecular complexity index is 600. The van der Waals surface area contributed by atoms with Crippen LogP contribution in [0.25, 0.3) is 0 Å². The normalized spacial score (nSPS) is 36.2. The van der Waals surface area contributed by atoms with Crippen LogP contribution in [0.1, 0.15) is 44.9 Å². The molecule has 2 atom stereocenters. The quantitative estimate of drug-likeness (QED) is 0.665. The highest BCUT2D eigenvalue weighted by Gasteiger charge is 2.46. The summed E-state index contributed by atoms with van der Waals surface area (Å²) in [6, 6.07) is 0.348. The van der Waals surface area contributed by atoms with E-state index in [4.69, 9.17) is 5.11 Å². The minimum absolute atomic E-state index is 0.0466. The molecule has 4 rings (SSSR count). The Labute approximate surface area is 143 Å². The van der Waals surface area contributed by atoms with E-state index in [2.05, 4.69) is 4.72 Å². The molecule has 136 valence electrons. The maximum Gasteiger partial charge on any atom is 0.317 e. The molecule has 4 aliphatic rings. The number of fused-ring (bicyclic) bond motifs is 2. The van der Waals surface area contributed by atoms with Crippen LogP contribution in [0, 0.1) is 11.8 Å². The Balaban J connectivity index is 1.29. The summed E-state index contributed by atoms with van der Waals surface area (Å²) >= 11 is 0. The third kappa shape index (κ3) is 3.47. The van der Waals surface area contributed by atoms with Gasteiger partial charge in [0.25, 0.3) is 10.2 Å². The van der Waals surface area contributed by atoms with Gasteiger partial charge in [-0.3, -0.25) is 9.69 Å². The second-order valence-corrected chi connectivity index (χ2v) is 9.77. The molecule has 3 saturated carbocycles. The molecule has 0 radical (unpaired) electrons. The van der Waals surface area contributed by atoms with Gasteiger partial charge >= 0.3 is 5.97 Å². The summed E-state index contributed by atoms with van der Waals surface area (Å²) in [5.41, 5.74) is 0. The lowest BCUT2D eigenvalue weighted by Gasteiger charge is -2.43. The van der Waals surface area contributed by atoms with Gasteiger partial charge < -0.3 is 5.11 Å². The standard InChI is InChI=1S/C16H27N3O4S/c20-16(21)10-18(8-11-1-2-11)15-6-13(7-15)17-24(22,23)19-9-12-3-4-14(19)5-12/h11-15,17H,1-10H2,(H,20,21). The summed E-state index contributed by atoms with van der Waals surface area (Å²) in [5, 5.41) is 9.08. The molecular weight excluding hydrogens is 330 g/mol. The number of nitrogens with one attached hydrogen (secondary N) is 1. The summed E-state index contributed by atoms with van der Waals surface area (Å²) in [6.45, 7) is 1.58. The molecule has 0 aromatic carbocycles. The lowest BCUT2D eigenvalue weighted by Crippen LogP contribution is -2.57. The van der Waals surface area contributed by atoms with E-state index < -0.39 is 16.2 Å². The zero-order valence-electron chi connectivity index (χ0n) is 13.9. The van der Waals surface area contributed by atoms with E-state index in [9.17, 15) is 13.2 Å². The van der Waals surface area contributed by atoms with Crippen molar-refractivity contribution in [1.82, 2.24) is 13.9 Å². The summed E-state index contributed by atoms with van der Waals surface area (Å²) in [6.07, 6.45) is 7.00. The van der Waals surface area contributed by atoms with Crippen LogP contribution in [0.5, 0.6) is 0 Å². The van der Waals surface area contributed by atoms with E-state index >= 15 is 0 Å². The molecule has 1 aliphatic heterocycles. The predicted octanol–water partition coefficient (Wildman–Crippen LogP) is 0.633. The Morgan fingerprint density at radius 2 is 1.92 bits per heavy atom. The van der Waals surface area contributed by atoms with Crippen molar-refractivity contribution in [1.29, 1.82) is 0 Å². The molecule has 4 fully saturated rings. The van der Waals surface area contributed by atoms with Gasteiger partial charge in [0.1, 0.15) is 0 Å². The number of carboxylic acids is 1. The monoisotopic (exact) mass is 357 g/mol. The van der Waals surface area contributed by atoms with Crippen molar-refractivity contribution in [3.8, 4) is 0 Å². The van der Waals surface area contributed by atoms with Gasteiger partial charge in [-0.2, -0.15) is 17.4 Å². The Kier molecular flexibility index (Phi) is 4.35. The molecule has 1 saturated heterocycles. The van der Waals surface area contributed by atoms with E-state index in [-0.39, 0.29) is 24.7 Å². The molecule has 0 amide bonds. The fourth-order valence-corrected chi connectivity index (χ4v) is 6.32. The largest absolute Gasteiger partial charge is 0.480 e. The lowest BCUT2D eigenvalue weighted by molar-refractivity contribution is -0.139. The molecule has 0 aromatic rings. The van der Waals surface area contributed by atoms with Crippen LogP contribution < -0.4 is 4.72 Å². The first-order chi connectivity index (χ1) is 11.4. The summed E-state index contributed by atoms with van der Waals surface area (Å²) in [7, 11) is -3.39. The zero-order valence-corrected chi connectivity index (χ0v) is 14.7. The molecule has 2 bridgehead atoms. The maximum absolute atomic E-state index is 12.6. The molecule has 8 heteroatoms. The molecule has 0 aromatic heterocycles. The molecule has 1 heterocycles. The first kappa shape index (κ1) is 16.8. The fourth-order valence-electron chi connectivity index (χ4n) is 4.58. The average molecular weight is 357 g/mol. The van der Waals surface area contributed by atoms with Gasteiger partial charge in [-0.15, -0.1) is 0 Å². The van der Waals surface area contributed by atoms with Gasteiger partial charge in [0.15, 0.2) is 0 Å². The first-order valence-electron chi connectivity index (χ1n) is 9.15. The van der Waals surface area contributed by atoms with Crippen molar-refractivity contribution in [2.24, 2.45) is 11.8 Å². The lowest BCUT2D eigenvalue weighted by atomic mass is 9.86. The Morgan fingerprint density at radius 3 is 2.46 bits per heavy atom. The SMILES string of the molecule is O=C(O)CN(CC1CC1)C1CC(NS(=O)(=O)N2CC3CCC2C3)C1. The summed E-state index contributed by atoms with van der Waals surface area (Å²) in [4.78, 5) is 13.1. The van der Waals surface area contributed by atoms with E-state index in [1.165, 1.54) is 12.8 Å². The minimum atomic E-state index is -3.39. The molecule has 2 unspecified atom stereocenters. The van der Waals surface area contributed by atoms with E-state index in [0.717, 1.165) is 38.6 Å². The van der Waals surface area contributed by atoms with E-state index in [1.54, 1.807) is 4.31 Å². The number of hydrogen-bond acceptors (Lipinski definition) is 4. The van der Waals surface area contributed by atoms with Crippen molar-refractivity contribution >= 4 is 16.2 Å². The number of hydrogen-bond donors (Lipinski definition) is 2. The third-order valence-electron chi connectivity index (χ3n) is 6.14. The number of piperidine rings is 1. The topological polar surface area (TPSA) is 90.0 Å². The summed E-state index contributed by atoms with van der Waals surface area (Å²) < 4.78 is 29.7. The van der Waals surface area contributed by atoms with Crippen LogP contribution in [0.2, 0.25) is 0 Å². The summed E-state index contributed by atoms with van der Waals surface area (Å²) in [5.74, 6) is 0.387. The van der Waals surface area contributed by atoms with Gasteiger partial charge in [0, 0.05) is 31.2 Å². The van der Waals surface area contributed by atoms with Crippen molar-refractivity contribution in [3.05, 3.63) is 0 Å². The number of nitrogens with zero attached hydrogens (tertiary/aromatic N) is 2. The third-order valence-corrected chi connectivity index (χ3v) is 7.84. The highest BCUT2D eigenvalue weighted by Crippen LogP contribution is 2.39. The molecule has 2 N–H and O–H groups in total. The van der Waals surface area contributed by atoms with Crippen LogP contribution in [-0.4, -0.2) is 66.5 Å². The molecular formula is C16H27N3O4S. The second-order valence-electron chi connectivity index (χ2n) is 8.11. The predicted molar refractivity (Wildman–Crippen MR) is 88.6 cm³/mol. The molecule has 0 spiro atoms. The van der Waals surface area contributed by atoms with Gasteiger partial charge in [0.2, 0.25) is 0 Å². The Hall–Kier alpha value is -0.700. The fraction of sp³-hybridized carbons (Fsp3) is 0.938. The van der Waals surface area contributed by atoms with Gasteiger partial charge in [-0.25, -0.2) is 0 Å². The van der Waals surface area contributed by atoms with Crippen molar-refractivity contribution in [2.45, 2.75) is 63.1 Å². The van der Waals surface area contributed by atoms with E-state index in [1.807, 2.05) is 4.90 Å². The first-order valence-corrected chi connectivity index (χ1v) is 10.6. The number of carbonyl (C=O) groups is 1. The van der Waals surface area contributed by atoms with Crippen LogP contribution >= 0.6 is 0 Å². The molecule has 3 aliphatic carbocycles. The van der Waals surface area contributed by atoms with Crippen LogP contribution in [0.15, 0.2) is 0 Å². The maximum atomic E-state index is 12.6. The van der Waals surface area contributed by atoms with Crippen molar-refractivity contribution in [2.75, 3.05) is 19.6 Å². The Morgan fingerprint density at radius 1 is 1.17 bits per heavy atom. The highest BCUT2D eigenvalue weighted by molar-refractivity contribution is 7.87. The number of carboxylic acid groups (broad SMARTS) is 1. The average Bonchev–Trinajstić information content (AvgIpc) is 3.02. The number of rotatable bonds is 8. The van der Waals surface area contributed by atoms with Crippen LogP contribution in [0.3, 0.4) is 0 Å². The van der Waals surface area contributed by atoms with Crippen LogP contribution in [-0.2, 0) is 15.0 Å². The van der Waals surface area contributed by atoms with Crippen molar-refractivity contribution < 1.29 is 18.3 Å². The molecule has 7 nitrogen and oxygen atoms in total. The zero-order chi connectivity index (χ0) is 16.9. The van der Waals surface area contributed by atoms with Gasteiger partial charge in [-0.05, 0) is 56.8 Å². The highest BCUT2D eigenvalue weighted by atomic mass is 32.2. The minimum Gasteiger partial charge on any atom is -0.480 e. The van der Waals surface area contributed by atoms with Gasteiger partial charge in [0.05, 0.1) is 6.54 Å². The van der Waals surface area contributed by atoms with Gasteiger partial charge in [-0.1, -0.05) is 0 Å². The smallest absolute Gasteiger partial charge is 0.317 e. The second kappa shape index (κ2) is 6.23. The molecule has 24 heavy (non-hydrogen) atoms. The van der Waals surface area contributed by atoms with Crippen molar-refractivity contribution in [3.63, 3.8) is 0 Å². The van der Waals surface area contributed by atoms with Crippen LogP contribution in [0.4, 0.5) is 0 Å². The van der Waals surface area contributed by atoms with E-state index in [0.29, 0.717) is 18.4 Å². The number of aliphatic carboxylic acids is 1.